The maximum absolute atomic E-state index is 12.5. The van der Waals surface area contributed by atoms with Crippen LogP contribution in [0.5, 0.6) is 11.5 Å². The minimum absolute atomic E-state index is 0.140. The highest BCUT2D eigenvalue weighted by molar-refractivity contribution is 9.10. The van der Waals surface area contributed by atoms with E-state index in [1.165, 1.54) is 23.1 Å². The number of ether oxygens (including phenoxy) is 2. The zero-order valence-corrected chi connectivity index (χ0v) is 19.2. The molecule has 0 saturated carbocycles. The number of aromatic nitrogens is 2. The lowest BCUT2D eigenvalue weighted by atomic mass is 10.2. The summed E-state index contributed by atoms with van der Waals surface area (Å²) >= 11 is 6.18. The largest absolute Gasteiger partial charge is 0.493 e. The molecule has 0 aliphatic carbocycles. The summed E-state index contributed by atoms with van der Waals surface area (Å²) in [5, 5.41) is 14.7. The van der Waals surface area contributed by atoms with Gasteiger partial charge in [-0.25, -0.2) is 0 Å². The Bertz CT molecular complexity index is 999. The highest BCUT2D eigenvalue weighted by Crippen LogP contribution is 2.33. The predicted molar refractivity (Wildman–Crippen MR) is 121 cm³/mol. The van der Waals surface area contributed by atoms with Gasteiger partial charge in [-0.1, -0.05) is 45.1 Å². The molecule has 1 aromatic heterocycles. The molecule has 10 heteroatoms. The molecule has 1 atom stereocenters. The van der Waals surface area contributed by atoms with Crippen LogP contribution < -0.4 is 20.1 Å². The number of methoxy groups -OCH3 is 2. The van der Waals surface area contributed by atoms with Gasteiger partial charge in [-0.15, -0.1) is 10.2 Å². The number of carbonyl (C=O) groups is 1. The first-order valence-electron chi connectivity index (χ1n) is 8.54. The Labute approximate surface area is 185 Å². The van der Waals surface area contributed by atoms with Gasteiger partial charge < -0.3 is 20.1 Å². The van der Waals surface area contributed by atoms with Crippen molar-refractivity contribution in [2.24, 2.45) is 0 Å². The molecule has 7 nitrogen and oxygen atoms in total. The van der Waals surface area contributed by atoms with Gasteiger partial charge in [0.15, 0.2) is 15.8 Å². The Morgan fingerprint density at radius 1 is 1.10 bits per heavy atom. The molecule has 3 rings (SSSR count). The van der Waals surface area contributed by atoms with Crippen LogP contribution >= 0.6 is 39.0 Å². The molecule has 3 aromatic rings. The van der Waals surface area contributed by atoms with E-state index in [0.717, 1.165) is 10.2 Å². The molecule has 0 aliphatic rings. The van der Waals surface area contributed by atoms with Crippen LogP contribution in [-0.4, -0.2) is 35.6 Å². The molecule has 0 fully saturated rings. The third-order valence-corrected chi connectivity index (χ3v) is 6.30. The van der Waals surface area contributed by atoms with E-state index < -0.39 is 0 Å². The second-order valence-corrected chi connectivity index (χ2v) is 9.31. The fourth-order valence-corrected chi connectivity index (χ4v) is 4.68. The number of carbonyl (C=O) groups excluding carboxylic acids is 1. The smallest absolute Gasteiger partial charge is 0.237 e. The summed E-state index contributed by atoms with van der Waals surface area (Å²) in [5.41, 5.74) is 1.54. The third-order valence-electron chi connectivity index (χ3n) is 3.78. The van der Waals surface area contributed by atoms with Crippen LogP contribution in [-0.2, 0) is 4.79 Å². The zero-order valence-electron chi connectivity index (χ0n) is 15.9. The number of nitrogens with one attached hydrogen (secondary N) is 2. The Kier molecular flexibility index (Phi) is 7.34. The van der Waals surface area contributed by atoms with Gasteiger partial charge >= 0.3 is 0 Å². The van der Waals surface area contributed by atoms with Crippen molar-refractivity contribution in [3.63, 3.8) is 0 Å². The Hall–Kier alpha value is -2.30. The Balaban J connectivity index is 1.59. The average Bonchev–Trinajstić information content (AvgIpc) is 3.14. The van der Waals surface area contributed by atoms with E-state index in [1.54, 1.807) is 32.4 Å². The van der Waals surface area contributed by atoms with E-state index in [4.69, 9.17) is 9.47 Å². The third kappa shape index (κ3) is 5.84. The molecule has 1 heterocycles. The number of amides is 1. The summed E-state index contributed by atoms with van der Waals surface area (Å²) in [4.78, 5) is 12.5. The summed E-state index contributed by atoms with van der Waals surface area (Å²) in [6.45, 7) is 1.82. The highest BCUT2D eigenvalue weighted by Gasteiger charge is 2.18. The average molecular weight is 495 g/mol. The predicted octanol–water partition coefficient (Wildman–Crippen LogP) is 5.18. The first-order valence-corrected chi connectivity index (χ1v) is 11.0. The minimum Gasteiger partial charge on any atom is -0.493 e. The van der Waals surface area contributed by atoms with E-state index in [-0.39, 0.29) is 11.2 Å². The van der Waals surface area contributed by atoms with Crippen molar-refractivity contribution >= 4 is 61.4 Å². The highest BCUT2D eigenvalue weighted by atomic mass is 79.9. The molecule has 2 N–H and O–H groups in total. The van der Waals surface area contributed by atoms with Gasteiger partial charge in [0.2, 0.25) is 11.0 Å². The van der Waals surface area contributed by atoms with Crippen LogP contribution in [0, 0.1) is 0 Å². The van der Waals surface area contributed by atoms with Gasteiger partial charge in [0.25, 0.3) is 0 Å². The molecule has 0 aliphatic heterocycles. The number of thioether (sulfide) groups is 1. The second kappa shape index (κ2) is 9.95. The monoisotopic (exact) mass is 494 g/mol. The van der Waals surface area contributed by atoms with Gasteiger partial charge in [-0.2, -0.15) is 0 Å². The normalized spacial score (nSPS) is 11.6. The van der Waals surface area contributed by atoms with Gasteiger partial charge in [-0.05, 0) is 37.3 Å². The number of benzene rings is 2. The molecule has 152 valence electrons. The van der Waals surface area contributed by atoms with E-state index >= 15 is 0 Å². The van der Waals surface area contributed by atoms with Crippen LogP contribution in [0.3, 0.4) is 0 Å². The van der Waals surface area contributed by atoms with Gasteiger partial charge in [-0.3, -0.25) is 4.79 Å². The van der Waals surface area contributed by atoms with Crippen molar-refractivity contribution < 1.29 is 14.3 Å². The number of halogens is 1. The van der Waals surface area contributed by atoms with E-state index in [1.807, 2.05) is 31.2 Å². The van der Waals surface area contributed by atoms with Crippen LogP contribution in [0.15, 0.2) is 51.3 Å². The van der Waals surface area contributed by atoms with Crippen molar-refractivity contribution in [2.75, 3.05) is 24.9 Å². The molecule has 29 heavy (non-hydrogen) atoms. The fourth-order valence-electron chi connectivity index (χ4n) is 2.36. The van der Waals surface area contributed by atoms with Gasteiger partial charge in [0.1, 0.15) is 0 Å². The van der Waals surface area contributed by atoms with Crippen LogP contribution in [0.4, 0.5) is 16.5 Å². The quantitative estimate of drug-likeness (QED) is 0.417. The summed E-state index contributed by atoms with van der Waals surface area (Å²) < 4.78 is 12.2. The Morgan fingerprint density at radius 3 is 2.62 bits per heavy atom. The van der Waals surface area contributed by atoms with Gasteiger partial charge in [0, 0.05) is 21.9 Å². The molecule has 0 bridgehead atoms. The topological polar surface area (TPSA) is 85.4 Å². The molecule has 1 amide bonds. The molecule has 1 unspecified atom stereocenters. The van der Waals surface area contributed by atoms with E-state index in [0.29, 0.717) is 26.7 Å². The Morgan fingerprint density at radius 2 is 1.90 bits per heavy atom. The van der Waals surface area contributed by atoms with Gasteiger partial charge in [0.05, 0.1) is 19.5 Å². The molecule has 0 spiro atoms. The first kappa shape index (κ1) is 21.4. The van der Waals surface area contributed by atoms with Crippen LogP contribution in [0.1, 0.15) is 6.92 Å². The standard InChI is InChI=1S/C19H19BrN4O3S2/c1-11(17(25)21-14-7-8-15(26-2)16(10-14)27-3)28-19-24-23-18(29-19)22-13-6-4-5-12(20)9-13/h4-11H,1-3H3,(H,21,25)(H,22,23). The summed E-state index contributed by atoms with van der Waals surface area (Å²) in [5.74, 6) is 1.02. The fraction of sp³-hybridized carbons (Fsp3) is 0.211. The lowest BCUT2D eigenvalue weighted by Crippen LogP contribution is -2.22. The number of nitrogens with zero attached hydrogens (tertiary/aromatic N) is 2. The first-order chi connectivity index (χ1) is 14.0. The van der Waals surface area contributed by atoms with Crippen LogP contribution in [0.2, 0.25) is 0 Å². The number of hydrogen-bond acceptors (Lipinski definition) is 8. The molecular formula is C19H19BrN4O3S2. The number of hydrogen-bond donors (Lipinski definition) is 2. The summed E-state index contributed by atoms with van der Waals surface area (Å²) in [6, 6.07) is 13.0. The molecule has 0 saturated heterocycles. The molecular weight excluding hydrogens is 476 g/mol. The van der Waals surface area contributed by atoms with Crippen molar-refractivity contribution in [2.45, 2.75) is 16.5 Å². The lowest BCUT2D eigenvalue weighted by Gasteiger charge is -2.13. The SMILES string of the molecule is COc1ccc(NC(=O)C(C)Sc2nnc(Nc3cccc(Br)c3)s2)cc1OC. The van der Waals surface area contributed by atoms with Crippen molar-refractivity contribution in [1.82, 2.24) is 10.2 Å². The maximum Gasteiger partial charge on any atom is 0.237 e. The summed E-state index contributed by atoms with van der Waals surface area (Å²) in [6.07, 6.45) is 0. The van der Waals surface area contributed by atoms with E-state index in [9.17, 15) is 4.79 Å². The number of anilines is 3. The summed E-state index contributed by atoms with van der Waals surface area (Å²) in [7, 11) is 3.12. The lowest BCUT2D eigenvalue weighted by molar-refractivity contribution is -0.115. The van der Waals surface area contributed by atoms with Crippen molar-refractivity contribution in [1.29, 1.82) is 0 Å². The zero-order chi connectivity index (χ0) is 20.8. The molecule has 2 aromatic carbocycles. The van der Waals surface area contributed by atoms with E-state index in [2.05, 4.69) is 36.8 Å². The maximum atomic E-state index is 12.5. The van der Waals surface area contributed by atoms with Crippen molar-refractivity contribution in [3.05, 3.63) is 46.9 Å². The van der Waals surface area contributed by atoms with Crippen molar-refractivity contribution in [3.8, 4) is 11.5 Å². The number of rotatable bonds is 8. The van der Waals surface area contributed by atoms with Crippen LogP contribution in [0.25, 0.3) is 0 Å². The second-order valence-electron chi connectivity index (χ2n) is 5.83. The molecule has 0 radical (unpaired) electrons. The minimum atomic E-state index is -0.352.